The Morgan fingerprint density at radius 1 is 0.926 bits per heavy atom. The van der Waals surface area contributed by atoms with Gasteiger partial charge in [0.1, 0.15) is 19.2 Å². The molecule has 2 aromatic carbocycles. The molecule has 2 rings (SSSR count). The molecule has 2 amide bonds. The second-order valence-corrected chi connectivity index (χ2v) is 5.75. The lowest BCUT2D eigenvalue weighted by atomic mass is 10.1. The Bertz CT molecular complexity index is 749. The Morgan fingerprint density at radius 3 is 2.11 bits per heavy atom. The molecule has 0 aliphatic carbocycles. The summed E-state index contributed by atoms with van der Waals surface area (Å²) < 4.78 is 9.76. The van der Waals surface area contributed by atoms with E-state index in [2.05, 4.69) is 10.6 Å². The van der Waals surface area contributed by atoms with Gasteiger partial charge in [-0.1, -0.05) is 60.7 Å². The van der Waals surface area contributed by atoms with Crippen LogP contribution in [0.5, 0.6) is 0 Å². The van der Waals surface area contributed by atoms with Crippen LogP contribution in [0.3, 0.4) is 0 Å². The van der Waals surface area contributed by atoms with Crippen molar-refractivity contribution in [3.63, 3.8) is 0 Å². The van der Waals surface area contributed by atoms with Crippen LogP contribution in [0.1, 0.15) is 11.1 Å². The number of alkyl carbamates (subject to hydrolysis) is 1. The first-order valence-electron chi connectivity index (χ1n) is 8.44. The summed E-state index contributed by atoms with van der Waals surface area (Å²) >= 11 is 0. The third-order valence-electron chi connectivity index (χ3n) is 3.71. The average molecular weight is 370 g/mol. The van der Waals surface area contributed by atoms with Crippen molar-refractivity contribution in [3.8, 4) is 0 Å². The fraction of sp³-hybridized carbons (Fsp3) is 0.250. The number of hydrogen-bond donors (Lipinski definition) is 2. The molecule has 0 aliphatic rings. The Labute approximate surface area is 157 Å². The standard InChI is InChI=1S/C20H22N2O5/c1-26-19(24)17(12-15-8-4-2-5-9-15)22-18(23)13-21-20(25)27-14-16-10-6-3-7-11-16/h2-11,17H,12-14H2,1H3,(H,21,25)(H,22,23)/t17-/m1/s1. The topological polar surface area (TPSA) is 93.7 Å². The molecule has 0 unspecified atom stereocenters. The zero-order chi connectivity index (χ0) is 19.5. The molecular weight excluding hydrogens is 348 g/mol. The maximum Gasteiger partial charge on any atom is 0.407 e. The van der Waals surface area contributed by atoms with E-state index in [0.29, 0.717) is 0 Å². The van der Waals surface area contributed by atoms with Gasteiger partial charge in [0.15, 0.2) is 0 Å². The molecule has 0 fully saturated rings. The molecule has 2 N–H and O–H groups in total. The monoisotopic (exact) mass is 370 g/mol. The van der Waals surface area contributed by atoms with E-state index in [1.54, 1.807) is 0 Å². The maximum atomic E-state index is 12.1. The summed E-state index contributed by atoms with van der Waals surface area (Å²) in [5, 5.41) is 4.92. The summed E-state index contributed by atoms with van der Waals surface area (Å²) in [5.41, 5.74) is 1.72. The van der Waals surface area contributed by atoms with Crippen molar-refractivity contribution >= 4 is 18.0 Å². The van der Waals surface area contributed by atoms with E-state index < -0.39 is 24.0 Å². The third kappa shape index (κ3) is 7.19. The Morgan fingerprint density at radius 2 is 1.52 bits per heavy atom. The van der Waals surface area contributed by atoms with E-state index in [4.69, 9.17) is 9.47 Å². The van der Waals surface area contributed by atoms with Crippen LogP contribution in [-0.4, -0.2) is 37.7 Å². The Balaban J connectivity index is 1.79. The highest BCUT2D eigenvalue weighted by Crippen LogP contribution is 2.04. The lowest BCUT2D eigenvalue weighted by Gasteiger charge is -2.17. The van der Waals surface area contributed by atoms with Gasteiger partial charge in [0.2, 0.25) is 5.91 Å². The van der Waals surface area contributed by atoms with Gasteiger partial charge >= 0.3 is 12.1 Å². The SMILES string of the molecule is COC(=O)[C@@H](Cc1ccccc1)NC(=O)CNC(=O)OCc1ccccc1. The molecule has 2 aromatic rings. The normalized spacial score (nSPS) is 11.1. The molecule has 7 nitrogen and oxygen atoms in total. The van der Waals surface area contributed by atoms with Crippen molar-refractivity contribution < 1.29 is 23.9 Å². The highest BCUT2D eigenvalue weighted by molar-refractivity contribution is 5.87. The molecule has 0 aromatic heterocycles. The number of methoxy groups -OCH3 is 1. The van der Waals surface area contributed by atoms with Crippen LogP contribution in [0.4, 0.5) is 4.79 Å². The van der Waals surface area contributed by atoms with E-state index in [1.165, 1.54) is 7.11 Å². The van der Waals surface area contributed by atoms with Crippen LogP contribution >= 0.6 is 0 Å². The third-order valence-corrected chi connectivity index (χ3v) is 3.71. The number of hydrogen-bond acceptors (Lipinski definition) is 5. The maximum absolute atomic E-state index is 12.1. The second kappa shape index (κ2) is 10.6. The molecule has 0 saturated heterocycles. The molecule has 0 radical (unpaired) electrons. The van der Waals surface area contributed by atoms with Gasteiger partial charge in [-0.05, 0) is 11.1 Å². The molecule has 0 saturated carbocycles. The van der Waals surface area contributed by atoms with Gasteiger partial charge in [-0.3, -0.25) is 4.79 Å². The van der Waals surface area contributed by atoms with Crippen LogP contribution in [0.25, 0.3) is 0 Å². The van der Waals surface area contributed by atoms with Crippen LogP contribution in [0.2, 0.25) is 0 Å². The lowest BCUT2D eigenvalue weighted by molar-refractivity contribution is -0.144. The number of carbonyl (C=O) groups excluding carboxylic acids is 3. The number of amides is 2. The largest absolute Gasteiger partial charge is 0.467 e. The van der Waals surface area contributed by atoms with Gasteiger partial charge in [-0.15, -0.1) is 0 Å². The summed E-state index contributed by atoms with van der Waals surface area (Å²) in [4.78, 5) is 35.6. The minimum absolute atomic E-state index is 0.104. The van der Waals surface area contributed by atoms with Crippen molar-refractivity contribution in [2.75, 3.05) is 13.7 Å². The molecule has 0 aliphatic heterocycles. The molecular formula is C20H22N2O5. The van der Waals surface area contributed by atoms with E-state index in [9.17, 15) is 14.4 Å². The van der Waals surface area contributed by atoms with Crippen molar-refractivity contribution in [2.24, 2.45) is 0 Å². The van der Waals surface area contributed by atoms with Crippen LogP contribution in [0, 0.1) is 0 Å². The number of benzene rings is 2. The molecule has 1 atom stereocenters. The van der Waals surface area contributed by atoms with Gasteiger partial charge < -0.3 is 20.1 Å². The first-order valence-corrected chi connectivity index (χ1v) is 8.44. The summed E-state index contributed by atoms with van der Waals surface area (Å²) in [6.45, 7) is -0.205. The zero-order valence-corrected chi connectivity index (χ0v) is 15.0. The molecule has 142 valence electrons. The van der Waals surface area contributed by atoms with Crippen molar-refractivity contribution in [2.45, 2.75) is 19.1 Å². The van der Waals surface area contributed by atoms with E-state index >= 15 is 0 Å². The fourth-order valence-electron chi connectivity index (χ4n) is 2.36. The summed E-state index contributed by atoms with van der Waals surface area (Å²) in [6, 6.07) is 17.6. The highest BCUT2D eigenvalue weighted by Gasteiger charge is 2.22. The van der Waals surface area contributed by atoms with Gasteiger partial charge in [0.05, 0.1) is 7.11 Å². The Hall–Kier alpha value is -3.35. The van der Waals surface area contributed by atoms with E-state index in [1.807, 2.05) is 60.7 Å². The first-order chi connectivity index (χ1) is 13.1. The van der Waals surface area contributed by atoms with Gasteiger partial charge in [-0.25, -0.2) is 9.59 Å². The highest BCUT2D eigenvalue weighted by atomic mass is 16.5. The number of esters is 1. The van der Waals surface area contributed by atoms with Gasteiger partial charge in [0.25, 0.3) is 0 Å². The number of rotatable bonds is 8. The lowest BCUT2D eigenvalue weighted by Crippen LogP contribution is -2.47. The van der Waals surface area contributed by atoms with Crippen molar-refractivity contribution in [1.82, 2.24) is 10.6 Å². The smallest absolute Gasteiger partial charge is 0.407 e. The van der Waals surface area contributed by atoms with Crippen LogP contribution < -0.4 is 10.6 Å². The summed E-state index contributed by atoms with van der Waals surface area (Å²) in [6.07, 6.45) is -0.427. The molecule has 0 heterocycles. The molecule has 7 heteroatoms. The van der Waals surface area contributed by atoms with Crippen LogP contribution in [0.15, 0.2) is 60.7 Å². The molecule has 0 bridgehead atoms. The molecule has 27 heavy (non-hydrogen) atoms. The number of carbonyl (C=O) groups is 3. The Kier molecular flexibility index (Phi) is 7.84. The summed E-state index contributed by atoms with van der Waals surface area (Å²) in [7, 11) is 1.26. The second-order valence-electron chi connectivity index (χ2n) is 5.75. The number of nitrogens with one attached hydrogen (secondary N) is 2. The van der Waals surface area contributed by atoms with Crippen molar-refractivity contribution in [1.29, 1.82) is 0 Å². The first kappa shape index (κ1) is 20.0. The summed E-state index contributed by atoms with van der Waals surface area (Å²) in [5.74, 6) is -1.07. The van der Waals surface area contributed by atoms with Gasteiger partial charge in [-0.2, -0.15) is 0 Å². The van der Waals surface area contributed by atoms with Crippen LogP contribution in [-0.2, 0) is 32.1 Å². The zero-order valence-electron chi connectivity index (χ0n) is 15.0. The quantitative estimate of drug-likeness (QED) is 0.691. The predicted octanol–water partition coefficient (Wildman–Crippen LogP) is 1.81. The van der Waals surface area contributed by atoms with E-state index in [0.717, 1.165) is 11.1 Å². The van der Waals surface area contributed by atoms with E-state index in [-0.39, 0.29) is 19.6 Å². The van der Waals surface area contributed by atoms with Gasteiger partial charge in [0, 0.05) is 6.42 Å². The minimum Gasteiger partial charge on any atom is -0.467 e. The molecule has 0 spiro atoms. The number of ether oxygens (including phenoxy) is 2. The van der Waals surface area contributed by atoms with Crippen molar-refractivity contribution in [3.05, 3.63) is 71.8 Å². The minimum atomic E-state index is -0.841. The fourth-order valence-corrected chi connectivity index (χ4v) is 2.36. The average Bonchev–Trinajstić information content (AvgIpc) is 2.71. The predicted molar refractivity (Wildman–Crippen MR) is 98.7 cm³/mol.